The molecule has 0 aromatic carbocycles. The lowest BCUT2D eigenvalue weighted by molar-refractivity contribution is -0.140. The SMILES string of the molecule is CC(CC(=O)O)C(=O)N(C)c1cccs1. The normalized spacial score (nSPS) is 12.1. The molecule has 1 rings (SSSR count). The van der Waals surface area contributed by atoms with Crippen molar-refractivity contribution in [2.45, 2.75) is 13.3 Å². The number of carbonyl (C=O) groups is 2. The van der Waals surface area contributed by atoms with Crippen LogP contribution in [0.25, 0.3) is 0 Å². The smallest absolute Gasteiger partial charge is 0.304 e. The maximum atomic E-state index is 11.7. The van der Waals surface area contributed by atoms with Crippen molar-refractivity contribution in [3.8, 4) is 0 Å². The Morgan fingerprint density at radius 2 is 2.27 bits per heavy atom. The molecular weight excluding hydrogens is 214 g/mol. The summed E-state index contributed by atoms with van der Waals surface area (Å²) in [6.45, 7) is 1.63. The maximum absolute atomic E-state index is 11.7. The van der Waals surface area contributed by atoms with Crippen molar-refractivity contribution < 1.29 is 14.7 Å². The molecule has 5 heteroatoms. The van der Waals surface area contributed by atoms with E-state index >= 15 is 0 Å². The van der Waals surface area contributed by atoms with E-state index in [9.17, 15) is 9.59 Å². The number of thiophene rings is 1. The van der Waals surface area contributed by atoms with E-state index in [1.165, 1.54) is 16.2 Å². The van der Waals surface area contributed by atoms with Gasteiger partial charge in [-0.05, 0) is 17.5 Å². The minimum atomic E-state index is -0.949. The highest BCUT2D eigenvalue weighted by Crippen LogP contribution is 2.21. The van der Waals surface area contributed by atoms with E-state index in [4.69, 9.17) is 5.11 Å². The summed E-state index contributed by atoms with van der Waals surface area (Å²) in [5.41, 5.74) is 0. The Bertz CT molecular complexity index is 348. The molecule has 0 spiro atoms. The second-order valence-corrected chi connectivity index (χ2v) is 4.27. The molecule has 1 N–H and O–H groups in total. The first-order chi connectivity index (χ1) is 7.02. The molecule has 1 aromatic rings. The first kappa shape index (κ1) is 11.7. The van der Waals surface area contributed by atoms with Gasteiger partial charge in [-0.25, -0.2) is 0 Å². The zero-order valence-corrected chi connectivity index (χ0v) is 9.45. The van der Waals surface area contributed by atoms with Gasteiger partial charge in [0.25, 0.3) is 0 Å². The third kappa shape index (κ3) is 3.06. The Hall–Kier alpha value is -1.36. The number of carboxylic acids is 1. The quantitative estimate of drug-likeness (QED) is 0.853. The number of carbonyl (C=O) groups excluding carboxylic acids is 1. The van der Waals surface area contributed by atoms with Crippen molar-refractivity contribution in [2.75, 3.05) is 11.9 Å². The molecule has 0 saturated heterocycles. The van der Waals surface area contributed by atoms with Gasteiger partial charge in [-0.3, -0.25) is 9.59 Å². The van der Waals surface area contributed by atoms with Crippen LogP contribution in [0.4, 0.5) is 5.00 Å². The van der Waals surface area contributed by atoms with E-state index in [2.05, 4.69) is 0 Å². The number of hydrogen-bond acceptors (Lipinski definition) is 3. The molecule has 1 atom stereocenters. The highest BCUT2D eigenvalue weighted by Gasteiger charge is 2.21. The van der Waals surface area contributed by atoms with Crippen molar-refractivity contribution in [2.24, 2.45) is 5.92 Å². The predicted octanol–water partition coefficient (Wildman–Crippen LogP) is 1.82. The van der Waals surface area contributed by atoms with E-state index < -0.39 is 11.9 Å². The fraction of sp³-hybridized carbons (Fsp3) is 0.400. The molecule has 1 aromatic heterocycles. The monoisotopic (exact) mass is 227 g/mol. The number of aliphatic carboxylic acids is 1. The summed E-state index contributed by atoms with van der Waals surface area (Å²) in [7, 11) is 1.66. The summed E-state index contributed by atoms with van der Waals surface area (Å²) in [5, 5.41) is 11.3. The van der Waals surface area contributed by atoms with Crippen LogP contribution in [-0.4, -0.2) is 24.0 Å². The Labute approximate surface area is 92.1 Å². The van der Waals surface area contributed by atoms with E-state index in [-0.39, 0.29) is 12.3 Å². The van der Waals surface area contributed by atoms with Crippen LogP contribution in [-0.2, 0) is 9.59 Å². The van der Waals surface area contributed by atoms with Gasteiger partial charge in [0.15, 0.2) is 0 Å². The molecule has 1 amide bonds. The summed E-state index contributed by atoms with van der Waals surface area (Å²) >= 11 is 1.45. The topological polar surface area (TPSA) is 57.6 Å². The van der Waals surface area contributed by atoms with Gasteiger partial charge in [0, 0.05) is 13.0 Å². The van der Waals surface area contributed by atoms with Crippen molar-refractivity contribution in [3.05, 3.63) is 17.5 Å². The molecule has 15 heavy (non-hydrogen) atoms. The summed E-state index contributed by atoms with van der Waals surface area (Å²) in [6, 6.07) is 3.68. The molecule has 0 saturated carbocycles. The molecule has 1 unspecified atom stereocenters. The van der Waals surface area contributed by atoms with Crippen LogP contribution in [0.15, 0.2) is 17.5 Å². The zero-order chi connectivity index (χ0) is 11.4. The van der Waals surface area contributed by atoms with Gasteiger partial charge < -0.3 is 10.0 Å². The van der Waals surface area contributed by atoms with E-state index in [1.54, 1.807) is 14.0 Å². The largest absolute Gasteiger partial charge is 0.481 e. The van der Waals surface area contributed by atoms with Crippen LogP contribution < -0.4 is 4.90 Å². The number of nitrogens with zero attached hydrogens (tertiary/aromatic N) is 1. The molecule has 0 aliphatic rings. The minimum Gasteiger partial charge on any atom is -0.481 e. The number of amides is 1. The predicted molar refractivity (Wildman–Crippen MR) is 59.1 cm³/mol. The lowest BCUT2D eigenvalue weighted by atomic mass is 10.1. The standard InChI is InChI=1S/C10H13NO3S/c1-7(6-9(12)13)10(14)11(2)8-4-3-5-15-8/h3-5,7H,6H2,1-2H3,(H,12,13). The highest BCUT2D eigenvalue weighted by atomic mass is 32.1. The first-order valence-corrected chi connectivity index (χ1v) is 5.43. The maximum Gasteiger partial charge on any atom is 0.304 e. The zero-order valence-electron chi connectivity index (χ0n) is 8.64. The van der Waals surface area contributed by atoms with Gasteiger partial charge in [-0.15, -0.1) is 11.3 Å². The first-order valence-electron chi connectivity index (χ1n) is 4.55. The third-order valence-electron chi connectivity index (χ3n) is 2.07. The number of hydrogen-bond donors (Lipinski definition) is 1. The molecule has 0 radical (unpaired) electrons. The van der Waals surface area contributed by atoms with E-state index in [0.717, 1.165) is 5.00 Å². The molecule has 1 heterocycles. The van der Waals surface area contributed by atoms with Crippen LogP contribution in [0, 0.1) is 5.92 Å². The number of rotatable bonds is 4. The fourth-order valence-electron chi connectivity index (χ4n) is 1.25. The average Bonchev–Trinajstić information content (AvgIpc) is 2.67. The molecule has 82 valence electrons. The van der Waals surface area contributed by atoms with E-state index in [0.29, 0.717) is 0 Å². The highest BCUT2D eigenvalue weighted by molar-refractivity contribution is 7.14. The van der Waals surface area contributed by atoms with Crippen LogP contribution >= 0.6 is 11.3 Å². The third-order valence-corrected chi connectivity index (χ3v) is 3.01. The summed E-state index contributed by atoms with van der Waals surface area (Å²) < 4.78 is 0. The van der Waals surface area contributed by atoms with Crippen LogP contribution in [0.3, 0.4) is 0 Å². The molecular formula is C10H13NO3S. The summed E-state index contributed by atoms with van der Waals surface area (Å²) in [6.07, 6.45) is -0.130. The second kappa shape index (κ2) is 4.93. The van der Waals surface area contributed by atoms with Gasteiger partial charge >= 0.3 is 5.97 Å². The van der Waals surface area contributed by atoms with Crippen LogP contribution in [0.2, 0.25) is 0 Å². The van der Waals surface area contributed by atoms with Gasteiger partial charge in [-0.1, -0.05) is 6.92 Å². The van der Waals surface area contributed by atoms with Gasteiger partial charge in [0.2, 0.25) is 5.91 Å². The second-order valence-electron chi connectivity index (χ2n) is 3.35. The van der Waals surface area contributed by atoms with Crippen molar-refractivity contribution in [1.29, 1.82) is 0 Å². The molecule has 4 nitrogen and oxygen atoms in total. The van der Waals surface area contributed by atoms with Crippen LogP contribution in [0.5, 0.6) is 0 Å². The fourth-order valence-corrected chi connectivity index (χ4v) is 1.95. The molecule has 0 bridgehead atoms. The Kier molecular flexibility index (Phi) is 3.85. The number of carboxylic acid groups (broad SMARTS) is 1. The Morgan fingerprint density at radius 3 is 2.73 bits per heavy atom. The Balaban J connectivity index is 2.64. The lowest BCUT2D eigenvalue weighted by Crippen LogP contribution is -2.32. The molecule has 0 aliphatic carbocycles. The van der Waals surface area contributed by atoms with Gasteiger partial charge in [0.05, 0.1) is 11.4 Å². The van der Waals surface area contributed by atoms with E-state index in [1.807, 2.05) is 17.5 Å². The number of anilines is 1. The van der Waals surface area contributed by atoms with Crippen LogP contribution in [0.1, 0.15) is 13.3 Å². The average molecular weight is 227 g/mol. The van der Waals surface area contributed by atoms with Gasteiger partial charge in [-0.2, -0.15) is 0 Å². The van der Waals surface area contributed by atoms with Crippen molar-refractivity contribution >= 4 is 28.2 Å². The minimum absolute atomic E-state index is 0.130. The molecule has 0 aliphatic heterocycles. The van der Waals surface area contributed by atoms with Crippen molar-refractivity contribution in [1.82, 2.24) is 0 Å². The van der Waals surface area contributed by atoms with Gasteiger partial charge in [0.1, 0.15) is 0 Å². The summed E-state index contributed by atoms with van der Waals surface area (Å²) in [4.78, 5) is 23.7. The summed E-state index contributed by atoms with van der Waals surface area (Å²) in [5.74, 6) is -1.61. The Morgan fingerprint density at radius 1 is 1.60 bits per heavy atom. The van der Waals surface area contributed by atoms with Crippen molar-refractivity contribution in [3.63, 3.8) is 0 Å². The molecule has 0 fully saturated rings. The lowest BCUT2D eigenvalue weighted by Gasteiger charge is -2.18.